The molecular formula is C19H14FN5S2. The quantitative estimate of drug-likeness (QED) is 0.483. The van der Waals surface area contributed by atoms with Crippen molar-refractivity contribution in [2.24, 2.45) is 0 Å². The lowest BCUT2D eigenvalue weighted by atomic mass is 10.3. The van der Waals surface area contributed by atoms with Gasteiger partial charge < -0.3 is 11.1 Å². The molecular weight excluding hydrogens is 381 g/mol. The molecule has 1 aromatic carbocycles. The van der Waals surface area contributed by atoms with Crippen LogP contribution < -0.4 is 11.1 Å². The van der Waals surface area contributed by atoms with Crippen LogP contribution in [-0.4, -0.2) is 15.0 Å². The van der Waals surface area contributed by atoms with E-state index in [1.807, 2.05) is 29.6 Å². The molecule has 0 fully saturated rings. The number of nitrogens with zero attached hydrogens (tertiary/aromatic N) is 3. The van der Waals surface area contributed by atoms with Crippen LogP contribution in [0, 0.1) is 5.82 Å². The maximum absolute atomic E-state index is 14.5. The molecule has 0 aliphatic carbocycles. The van der Waals surface area contributed by atoms with E-state index in [4.69, 9.17) is 5.73 Å². The Morgan fingerprint density at radius 1 is 1.04 bits per heavy atom. The van der Waals surface area contributed by atoms with Crippen molar-refractivity contribution >= 4 is 40.6 Å². The molecule has 134 valence electrons. The molecule has 0 aliphatic rings. The number of aromatic nitrogens is 3. The van der Waals surface area contributed by atoms with Gasteiger partial charge in [0.1, 0.15) is 11.6 Å². The number of benzene rings is 1. The summed E-state index contributed by atoms with van der Waals surface area (Å²) in [6, 6.07) is 14.3. The predicted molar refractivity (Wildman–Crippen MR) is 108 cm³/mol. The Kier molecular flexibility index (Phi) is 4.99. The van der Waals surface area contributed by atoms with Crippen LogP contribution in [0.15, 0.2) is 76.1 Å². The molecule has 0 saturated heterocycles. The van der Waals surface area contributed by atoms with Crippen molar-refractivity contribution in [3.63, 3.8) is 0 Å². The lowest BCUT2D eigenvalue weighted by Gasteiger charge is -2.10. The van der Waals surface area contributed by atoms with Crippen LogP contribution in [0.5, 0.6) is 0 Å². The highest BCUT2D eigenvalue weighted by molar-refractivity contribution is 7.99. The van der Waals surface area contributed by atoms with E-state index in [2.05, 4.69) is 20.3 Å². The largest absolute Gasteiger partial charge is 0.368 e. The van der Waals surface area contributed by atoms with Crippen LogP contribution in [0.3, 0.4) is 0 Å². The van der Waals surface area contributed by atoms with E-state index < -0.39 is 0 Å². The van der Waals surface area contributed by atoms with E-state index in [1.165, 1.54) is 17.8 Å². The van der Waals surface area contributed by atoms with Crippen LogP contribution >= 0.6 is 23.1 Å². The molecule has 3 aromatic heterocycles. The van der Waals surface area contributed by atoms with Crippen LogP contribution in [0.2, 0.25) is 0 Å². The lowest BCUT2D eigenvalue weighted by Crippen LogP contribution is -2.01. The van der Waals surface area contributed by atoms with E-state index >= 15 is 0 Å². The number of anilines is 3. The number of hydrogen-bond donors (Lipinski definition) is 2. The summed E-state index contributed by atoms with van der Waals surface area (Å²) >= 11 is 2.91. The lowest BCUT2D eigenvalue weighted by molar-refractivity contribution is 0.602. The third-order valence-corrected chi connectivity index (χ3v) is 5.55. The number of nitrogen functional groups attached to an aromatic ring is 1. The molecule has 4 rings (SSSR count). The van der Waals surface area contributed by atoms with E-state index in [9.17, 15) is 4.39 Å². The zero-order valence-corrected chi connectivity index (χ0v) is 15.6. The van der Waals surface area contributed by atoms with Gasteiger partial charge in [0.25, 0.3) is 0 Å². The second-order valence-corrected chi connectivity index (χ2v) is 7.59. The number of nitrogens with two attached hydrogens (primary N) is 1. The molecule has 3 heterocycles. The molecule has 0 atom stereocenters. The van der Waals surface area contributed by atoms with E-state index in [0.29, 0.717) is 16.4 Å². The average molecular weight is 395 g/mol. The Morgan fingerprint density at radius 2 is 1.89 bits per heavy atom. The summed E-state index contributed by atoms with van der Waals surface area (Å²) < 4.78 is 14.5. The Balaban J connectivity index is 1.56. The highest BCUT2D eigenvalue weighted by Gasteiger charge is 2.09. The predicted octanol–water partition coefficient (Wildman–Crippen LogP) is 5.22. The minimum absolute atomic E-state index is 0.161. The van der Waals surface area contributed by atoms with E-state index in [0.717, 1.165) is 15.5 Å². The molecule has 0 bridgehead atoms. The Morgan fingerprint density at radius 3 is 2.63 bits per heavy atom. The first-order chi connectivity index (χ1) is 13.2. The number of thiophene rings is 1. The minimum Gasteiger partial charge on any atom is -0.368 e. The number of rotatable bonds is 5. The molecule has 0 unspecified atom stereocenters. The number of pyridine rings is 1. The van der Waals surface area contributed by atoms with Gasteiger partial charge in [-0.15, -0.1) is 11.3 Å². The zero-order chi connectivity index (χ0) is 18.6. The highest BCUT2D eigenvalue weighted by Crippen LogP contribution is 2.32. The maximum Gasteiger partial charge on any atom is 0.222 e. The monoisotopic (exact) mass is 395 g/mol. The summed E-state index contributed by atoms with van der Waals surface area (Å²) in [7, 11) is 0. The number of nitrogens with one attached hydrogen (secondary N) is 1. The van der Waals surface area contributed by atoms with Gasteiger partial charge in [-0.1, -0.05) is 17.8 Å². The average Bonchev–Trinajstić information content (AvgIpc) is 3.19. The fourth-order valence-corrected chi connectivity index (χ4v) is 3.91. The Labute approximate surface area is 163 Å². The van der Waals surface area contributed by atoms with Crippen molar-refractivity contribution in [1.82, 2.24) is 15.0 Å². The molecule has 0 aliphatic heterocycles. The first-order valence-electron chi connectivity index (χ1n) is 8.00. The summed E-state index contributed by atoms with van der Waals surface area (Å²) in [5.74, 6) is 0.357. The summed E-state index contributed by atoms with van der Waals surface area (Å²) in [6.45, 7) is 0. The fourth-order valence-electron chi connectivity index (χ4n) is 2.42. The van der Waals surface area contributed by atoms with Gasteiger partial charge in [0.15, 0.2) is 0 Å². The first-order valence-corrected chi connectivity index (χ1v) is 9.70. The first kappa shape index (κ1) is 17.4. The van der Waals surface area contributed by atoms with Crippen LogP contribution in [0.25, 0.3) is 10.6 Å². The SMILES string of the molecule is Nc1nc(Nc2ccc(Sc3ccncc3)c(F)c2)cc(-c2cccs2)n1. The van der Waals surface area contributed by atoms with Gasteiger partial charge in [-0.2, -0.15) is 4.98 Å². The molecule has 0 saturated carbocycles. The van der Waals surface area contributed by atoms with Gasteiger partial charge in [0, 0.05) is 33.9 Å². The second-order valence-electron chi connectivity index (χ2n) is 5.53. The normalized spacial score (nSPS) is 10.7. The summed E-state index contributed by atoms with van der Waals surface area (Å²) in [6.07, 6.45) is 3.36. The van der Waals surface area contributed by atoms with Crippen LogP contribution in [-0.2, 0) is 0 Å². The Hall–Kier alpha value is -2.97. The standard InChI is InChI=1S/C19H14FN5S2/c20-14-10-12(3-4-16(14)27-13-5-7-22-8-6-13)23-18-11-15(24-19(21)25-18)17-2-1-9-26-17/h1-11H,(H3,21,23,24,25). The van der Waals surface area contributed by atoms with E-state index in [-0.39, 0.29) is 11.8 Å². The van der Waals surface area contributed by atoms with Crippen molar-refractivity contribution in [2.75, 3.05) is 11.1 Å². The van der Waals surface area contributed by atoms with Gasteiger partial charge in [0.05, 0.1) is 10.6 Å². The molecule has 8 heteroatoms. The molecule has 3 N–H and O–H groups in total. The summed E-state index contributed by atoms with van der Waals surface area (Å²) in [5, 5.41) is 5.06. The molecule has 0 amide bonds. The third kappa shape index (κ3) is 4.24. The topological polar surface area (TPSA) is 76.7 Å². The molecule has 27 heavy (non-hydrogen) atoms. The Bertz CT molecular complexity index is 1060. The van der Waals surface area contributed by atoms with Crippen molar-refractivity contribution in [3.05, 3.63) is 72.1 Å². The summed E-state index contributed by atoms with van der Waals surface area (Å²) in [4.78, 5) is 14.8. The van der Waals surface area contributed by atoms with Crippen molar-refractivity contribution in [1.29, 1.82) is 0 Å². The second kappa shape index (κ2) is 7.73. The molecule has 0 spiro atoms. The van der Waals surface area contributed by atoms with Crippen LogP contribution in [0.1, 0.15) is 0 Å². The maximum atomic E-state index is 14.5. The highest BCUT2D eigenvalue weighted by atomic mass is 32.2. The van der Waals surface area contributed by atoms with E-state index in [1.54, 1.807) is 41.9 Å². The number of halogens is 1. The van der Waals surface area contributed by atoms with Crippen LogP contribution in [0.4, 0.5) is 21.8 Å². The van der Waals surface area contributed by atoms with Gasteiger partial charge in [-0.3, -0.25) is 4.98 Å². The van der Waals surface area contributed by atoms with Gasteiger partial charge >= 0.3 is 0 Å². The van der Waals surface area contributed by atoms with Gasteiger partial charge in [-0.25, -0.2) is 9.37 Å². The molecule has 4 aromatic rings. The summed E-state index contributed by atoms with van der Waals surface area (Å²) in [5.41, 5.74) is 7.13. The fraction of sp³-hybridized carbons (Fsp3) is 0. The smallest absolute Gasteiger partial charge is 0.222 e. The third-order valence-electron chi connectivity index (χ3n) is 3.60. The van der Waals surface area contributed by atoms with Gasteiger partial charge in [0.2, 0.25) is 5.95 Å². The van der Waals surface area contributed by atoms with Crippen molar-refractivity contribution < 1.29 is 4.39 Å². The molecule has 5 nitrogen and oxygen atoms in total. The molecule has 0 radical (unpaired) electrons. The minimum atomic E-state index is -0.317. The van der Waals surface area contributed by atoms with Gasteiger partial charge in [-0.05, 0) is 41.8 Å². The van der Waals surface area contributed by atoms with Crippen molar-refractivity contribution in [2.45, 2.75) is 9.79 Å². The van der Waals surface area contributed by atoms with Crippen molar-refractivity contribution in [3.8, 4) is 10.6 Å². The zero-order valence-electron chi connectivity index (χ0n) is 14.0. The number of hydrogen-bond acceptors (Lipinski definition) is 7.